The number of hydrogen-bond acceptors (Lipinski definition) is 5. The Balaban J connectivity index is 1.75. The van der Waals surface area contributed by atoms with Crippen LogP contribution >= 0.6 is 0 Å². The number of nitro groups is 1. The highest BCUT2D eigenvalue weighted by atomic mass is 16.6. The van der Waals surface area contributed by atoms with Gasteiger partial charge in [0, 0.05) is 24.7 Å². The Hall–Kier alpha value is -2.21. The van der Waals surface area contributed by atoms with Gasteiger partial charge in [-0.2, -0.15) is 0 Å². The van der Waals surface area contributed by atoms with Gasteiger partial charge in [-0.3, -0.25) is 10.1 Å². The Morgan fingerprint density at radius 2 is 2.06 bits per heavy atom. The van der Waals surface area contributed by atoms with Crippen LogP contribution in [0.3, 0.4) is 0 Å². The van der Waals surface area contributed by atoms with Crippen LogP contribution in [0.2, 0.25) is 0 Å². The molecule has 0 amide bonds. The summed E-state index contributed by atoms with van der Waals surface area (Å²) >= 11 is 0. The third-order valence-electron chi connectivity index (χ3n) is 2.53. The number of nitrogens with one attached hydrogen (secondary N) is 1. The first-order chi connectivity index (χ1) is 8.75. The highest BCUT2D eigenvalue weighted by molar-refractivity contribution is 5.32. The van der Waals surface area contributed by atoms with Crippen LogP contribution in [0.15, 0.2) is 41.1 Å². The molecule has 0 spiro atoms. The fourth-order valence-corrected chi connectivity index (χ4v) is 1.56. The van der Waals surface area contributed by atoms with Crippen molar-refractivity contribution in [3.8, 4) is 0 Å². The lowest BCUT2D eigenvalue weighted by Crippen LogP contribution is -2.16. The summed E-state index contributed by atoms with van der Waals surface area (Å²) in [6, 6.07) is 8.39. The smallest absolute Gasteiger partial charge is 0.269 e. The van der Waals surface area contributed by atoms with Gasteiger partial charge in [-0.05, 0) is 18.5 Å². The van der Waals surface area contributed by atoms with Crippen molar-refractivity contribution in [3.63, 3.8) is 0 Å². The molecular formula is C12H13N3O3. The van der Waals surface area contributed by atoms with Gasteiger partial charge in [0.15, 0.2) is 0 Å². The van der Waals surface area contributed by atoms with Crippen molar-refractivity contribution in [2.45, 2.75) is 13.0 Å². The Bertz CT molecular complexity index is 494. The molecule has 0 atom stereocenters. The van der Waals surface area contributed by atoms with Gasteiger partial charge in [-0.25, -0.2) is 0 Å². The van der Waals surface area contributed by atoms with Crippen molar-refractivity contribution < 1.29 is 9.45 Å². The number of nitro benzene ring substituents is 1. The van der Waals surface area contributed by atoms with Crippen LogP contribution in [-0.2, 0) is 13.0 Å². The number of hydrogen-bond donors (Lipinski definition) is 1. The summed E-state index contributed by atoms with van der Waals surface area (Å²) in [6.45, 7) is 1.44. The first-order valence-corrected chi connectivity index (χ1v) is 5.59. The Morgan fingerprint density at radius 1 is 1.28 bits per heavy atom. The lowest BCUT2D eigenvalue weighted by atomic mass is 10.1. The number of benzene rings is 1. The summed E-state index contributed by atoms with van der Waals surface area (Å²) in [5.74, 6) is 0. The zero-order chi connectivity index (χ0) is 12.8. The van der Waals surface area contributed by atoms with Crippen molar-refractivity contribution in [2.24, 2.45) is 0 Å². The van der Waals surface area contributed by atoms with Crippen molar-refractivity contribution in [1.29, 1.82) is 0 Å². The molecule has 0 fully saturated rings. The molecule has 0 radical (unpaired) electrons. The molecule has 18 heavy (non-hydrogen) atoms. The highest BCUT2D eigenvalue weighted by Gasteiger charge is 2.03. The van der Waals surface area contributed by atoms with Gasteiger partial charge in [-0.1, -0.05) is 17.3 Å². The summed E-state index contributed by atoms with van der Waals surface area (Å²) in [5.41, 5.74) is 2.04. The molecule has 0 saturated carbocycles. The molecule has 0 aliphatic rings. The van der Waals surface area contributed by atoms with E-state index in [1.54, 1.807) is 18.2 Å². The van der Waals surface area contributed by atoms with Gasteiger partial charge in [0.1, 0.15) is 6.26 Å². The van der Waals surface area contributed by atoms with E-state index in [4.69, 9.17) is 4.52 Å². The van der Waals surface area contributed by atoms with E-state index in [0.29, 0.717) is 6.54 Å². The van der Waals surface area contributed by atoms with Crippen molar-refractivity contribution in [3.05, 3.63) is 58.0 Å². The summed E-state index contributed by atoms with van der Waals surface area (Å²) in [5, 5.41) is 17.5. The normalized spacial score (nSPS) is 10.4. The average Bonchev–Trinajstić information content (AvgIpc) is 2.88. The maximum Gasteiger partial charge on any atom is 0.269 e. The zero-order valence-electron chi connectivity index (χ0n) is 9.70. The van der Waals surface area contributed by atoms with Crippen LogP contribution < -0.4 is 5.32 Å². The van der Waals surface area contributed by atoms with Crippen LogP contribution in [0.4, 0.5) is 5.69 Å². The topological polar surface area (TPSA) is 81.2 Å². The second-order valence-corrected chi connectivity index (χ2v) is 3.84. The molecule has 6 heteroatoms. The molecule has 0 aliphatic heterocycles. The van der Waals surface area contributed by atoms with Gasteiger partial charge in [-0.15, -0.1) is 0 Å². The van der Waals surface area contributed by atoms with E-state index < -0.39 is 4.92 Å². The largest absolute Gasteiger partial charge is 0.364 e. The molecule has 0 aliphatic carbocycles. The molecule has 2 rings (SSSR count). The lowest BCUT2D eigenvalue weighted by molar-refractivity contribution is -0.384. The first kappa shape index (κ1) is 12.3. The molecule has 2 aromatic rings. The summed E-state index contributed by atoms with van der Waals surface area (Å²) in [6.07, 6.45) is 2.35. The van der Waals surface area contributed by atoms with Crippen molar-refractivity contribution in [1.82, 2.24) is 10.5 Å². The van der Waals surface area contributed by atoms with Crippen LogP contribution in [0.1, 0.15) is 11.3 Å². The molecule has 0 unspecified atom stereocenters. The Kier molecular flexibility index (Phi) is 4.03. The molecule has 0 bridgehead atoms. The first-order valence-electron chi connectivity index (χ1n) is 5.59. The van der Waals surface area contributed by atoms with Crippen molar-refractivity contribution >= 4 is 5.69 Å². The molecular weight excluding hydrogens is 234 g/mol. The fourth-order valence-electron chi connectivity index (χ4n) is 1.56. The minimum absolute atomic E-state index is 0.120. The van der Waals surface area contributed by atoms with Gasteiger partial charge in [0.2, 0.25) is 0 Å². The van der Waals surface area contributed by atoms with E-state index in [1.807, 2.05) is 0 Å². The van der Waals surface area contributed by atoms with Crippen LogP contribution in [0, 0.1) is 10.1 Å². The van der Waals surface area contributed by atoms with E-state index in [0.717, 1.165) is 24.2 Å². The van der Waals surface area contributed by atoms with Gasteiger partial charge in [0.05, 0.1) is 10.6 Å². The zero-order valence-corrected chi connectivity index (χ0v) is 9.70. The van der Waals surface area contributed by atoms with Gasteiger partial charge in [0.25, 0.3) is 5.69 Å². The molecule has 1 aromatic heterocycles. The summed E-state index contributed by atoms with van der Waals surface area (Å²) in [7, 11) is 0. The third-order valence-corrected chi connectivity index (χ3v) is 2.53. The molecule has 94 valence electrons. The fraction of sp³-hybridized carbons (Fsp3) is 0.250. The van der Waals surface area contributed by atoms with E-state index in [1.165, 1.54) is 18.4 Å². The number of aromatic nitrogens is 1. The molecule has 0 saturated heterocycles. The van der Waals surface area contributed by atoms with E-state index in [-0.39, 0.29) is 5.69 Å². The highest BCUT2D eigenvalue weighted by Crippen LogP contribution is 2.11. The summed E-state index contributed by atoms with van der Waals surface area (Å²) in [4.78, 5) is 10.1. The monoisotopic (exact) mass is 247 g/mol. The average molecular weight is 247 g/mol. The molecule has 1 N–H and O–H groups in total. The Morgan fingerprint density at radius 3 is 2.67 bits per heavy atom. The summed E-state index contributed by atoms with van der Waals surface area (Å²) < 4.78 is 4.71. The predicted molar refractivity (Wildman–Crippen MR) is 65.0 cm³/mol. The molecule has 1 heterocycles. The minimum atomic E-state index is -0.396. The quantitative estimate of drug-likeness (QED) is 0.479. The van der Waals surface area contributed by atoms with Gasteiger partial charge >= 0.3 is 0 Å². The van der Waals surface area contributed by atoms with E-state index in [9.17, 15) is 10.1 Å². The Labute approximate surface area is 104 Å². The predicted octanol–water partition coefficient (Wildman–Crippen LogP) is 1.92. The molecule has 6 nitrogen and oxygen atoms in total. The number of non-ortho nitro benzene ring substituents is 1. The second-order valence-electron chi connectivity index (χ2n) is 3.84. The third kappa shape index (κ3) is 3.39. The van der Waals surface area contributed by atoms with Crippen LogP contribution in [0.25, 0.3) is 0 Å². The van der Waals surface area contributed by atoms with Crippen LogP contribution in [-0.4, -0.2) is 16.6 Å². The molecule has 1 aromatic carbocycles. The minimum Gasteiger partial charge on any atom is -0.364 e. The second kappa shape index (κ2) is 5.92. The van der Waals surface area contributed by atoms with Crippen LogP contribution in [0.5, 0.6) is 0 Å². The maximum atomic E-state index is 10.5. The number of nitrogens with zero attached hydrogens (tertiary/aromatic N) is 2. The maximum absolute atomic E-state index is 10.5. The van der Waals surface area contributed by atoms with E-state index >= 15 is 0 Å². The standard InChI is InChI=1S/C12H13N3O3/c16-15(17)12-3-1-10(2-4-12)5-7-13-9-11-6-8-18-14-11/h1-4,6,8,13H,5,7,9H2. The van der Waals surface area contributed by atoms with Crippen molar-refractivity contribution in [2.75, 3.05) is 6.54 Å². The van der Waals surface area contributed by atoms with Gasteiger partial charge < -0.3 is 9.84 Å². The lowest BCUT2D eigenvalue weighted by Gasteiger charge is -2.02. The van der Waals surface area contributed by atoms with E-state index in [2.05, 4.69) is 10.5 Å². The number of rotatable bonds is 6. The SMILES string of the molecule is O=[N+]([O-])c1ccc(CCNCc2ccon2)cc1.